The van der Waals surface area contributed by atoms with Gasteiger partial charge in [-0.1, -0.05) is 18.2 Å². The molecule has 1 fully saturated rings. The fourth-order valence-corrected chi connectivity index (χ4v) is 3.16. The van der Waals surface area contributed by atoms with Crippen molar-refractivity contribution in [3.05, 3.63) is 47.1 Å². The molecule has 0 saturated carbocycles. The van der Waals surface area contributed by atoms with Crippen LogP contribution in [0.25, 0.3) is 0 Å². The molecule has 0 aromatic heterocycles. The van der Waals surface area contributed by atoms with Crippen LogP contribution >= 0.6 is 0 Å². The normalized spacial score (nSPS) is 32.2. The second kappa shape index (κ2) is 7.83. The highest BCUT2D eigenvalue weighted by Gasteiger charge is 2.48. The third-order valence-electron chi connectivity index (χ3n) is 4.70. The number of aliphatic hydroxyl groups excluding tert-OH is 1. The number of carbonyl (C=O) groups excluding carboxylic acids is 3. The lowest BCUT2D eigenvalue weighted by Gasteiger charge is -2.30. The summed E-state index contributed by atoms with van der Waals surface area (Å²) in [6.07, 6.45) is 1.65. The molecule has 0 aromatic rings. The molecule has 6 nitrogen and oxygen atoms in total. The summed E-state index contributed by atoms with van der Waals surface area (Å²) in [7, 11) is 0. The van der Waals surface area contributed by atoms with E-state index in [0.717, 1.165) is 0 Å². The van der Waals surface area contributed by atoms with Crippen LogP contribution in [0.1, 0.15) is 34.1 Å². The zero-order valence-electron chi connectivity index (χ0n) is 15.4. The SMILES string of the molecule is C=C1C(=O)O[C@H]2[C@H]1[C@@H](O)CC(C)=CC(=O)/C=C(/C)[C@@H]2OC(=O)/C(C)=C\C. The van der Waals surface area contributed by atoms with Crippen LogP contribution in [0.5, 0.6) is 0 Å². The van der Waals surface area contributed by atoms with Crippen molar-refractivity contribution in [1.29, 1.82) is 0 Å². The second-order valence-electron chi connectivity index (χ2n) is 6.77. The quantitative estimate of drug-likeness (QED) is 0.600. The highest BCUT2D eigenvalue weighted by atomic mass is 16.6. The summed E-state index contributed by atoms with van der Waals surface area (Å²) >= 11 is 0. The zero-order chi connectivity index (χ0) is 19.6. The van der Waals surface area contributed by atoms with Gasteiger partial charge in [0.05, 0.1) is 12.0 Å². The van der Waals surface area contributed by atoms with Crippen molar-refractivity contribution >= 4 is 17.7 Å². The van der Waals surface area contributed by atoms with E-state index in [1.54, 1.807) is 33.8 Å². The van der Waals surface area contributed by atoms with E-state index < -0.39 is 36.2 Å². The molecule has 0 unspecified atom stereocenters. The van der Waals surface area contributed by atoms with Gasteiger partial charge in [-0.15, -0.1) is 0 Å². The van der Waals surface area contributed by atoms with Gasteiger partial charge < -0.3 is 14.6 Å². The minimum Gasteiger partial charge on any atom is -0.454 e. The van der Waals surface area contributed by atoms with Crippen LogP contribution in [0.2, 0.25) is 0 Å². The molecule has 2 rings (SSSR count). The Hall–Kier alpha value is -2.47. The van der Waals surface area contributed by atoms with E-state index in [1.807, 2.05) is 0 Å². The Balaban J connectivity index is 2.52. The maximum Gasteiger partial charge on any atom is 0.334 e. The first-order valence-electron chi connectivity index (χ1n) is 8.46. The van der Waals surface area contributed by atoms with E-state index in [1.165, 1.54) is 12.2 Å². The molecule has 4 atom stereocenters. The van der Waals surface area contributed by atoms with Crippen LogP contribution < -0.4 is 0 Å². The fourth-order valence-electron chi connectivity index (χ4n) is 3.16. The third kappa shape index (κ3) is 4.02. The molecule has 1 aliphatic heterocycles. The largest absolute Gasteiger partial charge is 0.454 e. The van der Waals surface area contributed by atoms with Crippen LogP contribution in [0.4, 0.5) is 0 Å². The Kier molecular flexibility index (Phi) is 5.97. The first-order valence-corrected chi connectivity index (χ1v) is 8.46. The Morgan fingerprint density at radius 2 is 2.00 bits per heavy atom. The van der Waals surface area contributed by atoms with Crippen LogP contribution in [0.3, 0.4) is 0 Å². The van der Waals surface area contributed by atoms with Gasteiger partial charge in [0, 0.05) is 11.1 Å². The molecule has 0 bridgehead atoms. The summed E-state index contributed by atoms with van der Waals surface area (Å²) in [5, 5.41) is 10.6. The molecule has 6 heteroatoms. The van der Waals surface area contributed by atoms with E-state index in [2.05, 4.69) is 6.58 Å². The number of esters is 2. The van der Waals surface area contributed by atoms with Gasteiger partial charge in [0.25, 0.3) is 0 Å². The monoisotopic (exact) mass is 360 g/mol. The predicted molar refractivity (Wildman–Crippen MR) is 95.0 cm³/mol. The van der Waals surface area contributed by atoms with Crippen molar-refractivity contribution < 1.29 is 29.0 Å². The number of aliphatic hydroxyl groups is 1. The lowest BCUT2D eigenvalue weighted by atomic mass is 9.83. The van der Waals surface area contributed by atoms with Crippen molar-refractivity contribution in [1.82, 2.24) is 0 Å². The van der Waals surface area contributed by atoms with Crippen molar-refractivity contribution in [2.45, 2.75) is 52.4 Å². The minimum absolute atomic E-state index is 0.138. The highest BCUT2D eigenvalue weighted by Crippen LogP contribution is 2.37. The lowest BCUT2D eigenvalue weighted by molar-refractivity contribution is -0.157. The van der Waals surface area contributed by atoms with Crippen molar-refractivity contribution in [2.75, 3.05) is 0 Å². The van der Waals surface area contributed by atoms with Crippen LogP contribution in [-0.2, 0) is 23.9 Å². The fraction of sp³-hybridized carbons (Fsp3) is 0.450. The molecule has 1 N–H and O–H groups in total. The molecule has 0 spiro atoms. The summed E-state index contributed by atoms with van der Waals surface area (Å²) in [4.78, 5) is 36.5. The van der Waals surface area contributed by atoms with Gasteiger partial charge in [0.15, 0.2) is 18.0 Å². The third-order valence-corrected chi connectivity index (χ3v) is 4.70. The standard InChI is InChI=1S/C20H24O6/c1-6-11(3)19(23)25-17-12(4)9-14(21)7-10(2)8-15(22)16-13(5)20(24)26-18(16)17/h6-7,9,15-18,22H,5,8H2,1-4H3/b10-7?,11-6-,12-9-/t15-,16+,17-,18-/m0/s1. The number of ether oxygens (including phenoxy) is 2. The van der Waals surface area contributed by atoms with Crippen molar-refractivity contribution in [2.24, 2.45) is 5.92 Å². The van der Waals surface area contributed by atoms with Gasteiger partial charge in [-0.25, -0.2) is 9.59 Å². The van der Waals surface area contributed by atoms with E-state index >= 15 is 0 Å². The van der Waals surface area contributed by atoms with E-state index in [9.17, 15) is 19.5 Å². The number of ketones is 1. The van der Waals surface area contributed by atoms with Crippen molar-refractivity contribution in [3.63, 3.8) is 0 Å². The highest BCUT2D eigenvalue weighted by molar-refractivity contribution is 6.00. The molecule has 140 valence electrons. The number of hydrogen-bond acceptors (Lipinski definition) is 6. The zero-order valence-corrected chi connectivity index (χ0v) is 15.4. The molecule has 2 aliphatic rings. The summed E-state index contributed by atoms with van der Waals surface area (Å²) in [5.41, 5.74) is 1.64. The Morgan fingerprint density at radius 3 is 2.62 bits per heavy atom. The van der Waals surface area contributed by atoms with Crippen LogP contribution in [0, 0.1) is 5.92 Å². The molecular formula is C20H24O6. The second-order valence-corrected chi connectivity index (χ2v) is 6.77. The molecule has 0 radical (unpaired) electrons. The van der Waals surface area contributed by atoms with Crippen molar-refractivity contribution in [3.8, 4) is 0 Å². The molecule has 1 aliphatic carbocycles. The molecular weight excluding hydrogens is 336 g/mol. The maximum atomic E-state index is 12.3. The Labute approximate surface area is 152 Å². The van der Waals surface area contributed by atoms with Gasteiger partial charge in [-0.05, 0) is 51.8 Å². The summed E-state index contributed by atoms with van der Waals surface area (Å²) in [6.45, 7) is 10.4. The average Bonchev–Trinajstić information content (AvgIpc) is 2.85. The summed E-state index contributed by atoms with van der Waals surface area (Å²) in [5.74, 6) is -2.23. The number of rotatable bonds is 2. The number of carbonyl (C=O) groups is 3. The lowest BCUT2D eigenvalue weighted by Crippen LogP contribution is -2.41. The van der Waals surface area contributed by atoms with Crippen LogP contribution in [0.15, 0.2) is 47.1 Å². The Morgan fingerprint density at radius 1 is 1.35 bits per heavy atom. The minimum atomic E-state index is -0.990. The first-order chi connectivity index (χ1) is 12.1. The molecule has 1 heterocycles. The maximum absolute atomic E-state index is 12.3. The smallest absolute Gasteiger partial charge is 0.334 e. The van der Waals surface area contributed by atoms with Gasteiger partial charge >= 0.3 is 11.9 Å². The van der Waals surface area contributed by atoms with E-state index in [0.29, 0.717) is 16.7 Å². The number of fused-ring (bicyclic) bond motifs is 1. The van der Waals surface area contributed by atoms with Gasteiger partial charge in [0.1, 0.15) is 0 Å². The number of hydrogen-bond donors (Lipinski definition) is 1. The number of allylic oxidation sites excluding steroid dienone is 3. The topological polar surface area (TPSA) is 89.9 Å². The first kappa shape index (κ1) is 19.8. The van der Waals surface area contributed by atoms with E-state index in [4.69, 9.17) is 9.47 Å². The molecule has 0 aromatic carbocycles. The van der Waals surface area contributed by atoms with Gasteiger partial charge in [-0.2, -0.15) is 0 Å². The molecule has 0 amide bonds. The Bertz CT molecular complexity index is 739. The summed E-state index contributed by atoms with van der Waals surface area (Å²) < 4.78 is 10.9. The van der Waals surface area contributed by atoms with Gasteiger partial charge in [-0.3, -0.25) is 4.79 Å². The van der Waals surface area contributed by atoms with E-state index in [-0.39, 0.29) is 17.8 Å². The summed E-state index contributed by atoms with van der Waals surface area (Å²) in [6, 6.07) is 0. The molecule has 26 heavy (non-hydrogen) atoms. The predicted octanol–water partition coefficient (Wildman–Crippen LogP) is 2.19. The molecule has 1 saturated heterocycles. The van der Waals surface area contributed by atoms with Gasteiger partial charge in [0.2, 0.25) is 0 Å². The van der Waals surface area contributed by atoms with Crippen LogP contribution in [-0.4, -0.2) is 41.1 Å². The average molecular weight is 360 g/mol.